The quantitative estimate of drug-likeness (QED) is 0.747. The van der Waals surface area contributed by atoms with Gasteiger partial charge in [0.2, 0.25) is 5.82 Å². The molecule has 1 heterocycles. The molecule has 0 atom stereocenters. The van der Waals surface area contributed by atoms with Gasteiger partial charge in [-0.05, 0) is 20.8 Å². The number of nitrogens with zero attached hydrogens (tertiary/aromatic N) is 3. The first-order valence-electron chi connectivity index (χ1n) is 4.33. The van der Waals surface area contributed by atoms with Crippen LogP contribution in [0.15, 0.2) is 6.33 Å². The first kappa shape index (κ1) is 9.70. The van der Waals surface area contributed by atoms with E-state index in [0.29, 0.717) is 12.4 Å². The van der Waals surface area contributed by atoms with E-state index in [0.717, 1.165) is 0 Å². The molecule has 1 aromatic heterocycles. The minimum absolute atomic E-state index is 0.102. The molecule has 0 aliphatic carbocycles. The zero-order chi connectivity index (χ0) is 9.84. The van der Waals surface area contributed by atoms with Gasteiger partial charge in [-0.3, -0.25) is 9.89 Å². The second kappa shape index (κ2) is 4.02. The molecule has 0 spiro atoms. The standard InChI is InChI=1S/C8H14N4O/c1-4-12(6(2)3)8(13)7-9-5-10-11-7/h5-6H,4H2,1-3H3,(H,9,10,11). The number of hydrogen-bond donors (Lipinski definition) is 1. The molecular formula is C8H14N4O. The van der Waals surface area contributed by atoms with Crippen molar-refractivity contribution in [1.82, 2.24) is 20.1 Å². The molecule has 72 valence electrons. The maximum Gasteiger partial charge on any atom is 0.291 e. The molecule has 0 saturated heterocycles. The zero-order valence-electron chi connectivity index (χ0n) is 8.11. The van der Waals surface area contributed by atoms with E-state index in [1.54, 1.807) is 4.90 Å². The highest BCUT2D eigenvalue weighted by molar-refractivity contribution is 5.90. The summed E-state index contributed by atoms with van der Waals surface area (Å²) in [7, 11) is 0. The van der Waals surface area contributed by atoms with E-state index in [1.807, 2.05) is 20.8 Å². The van der Waals surface area contributed by atoms with E-state index in [9.17, 15) is 4.79 Å². The molecule has 0 aromatic carbocycles. The Bertz CT molecular complexity index is 268. The Morgan fingerprint density at radius 3 is 2.77 bits per heavy atom. The Kier molecular flexibility index (Phi) is 3.00. The SMILES string of the molecule is CCN(C(=O)c1ncn[nH]1)C(C)C. The van der Waals surface area contributed by atoms with Crippen LogP contribution in [0, 0.1) is 0 Å². The summed E-state index contributed by atoms with van der Waals surface area (Å²) < 4.78 is 0. The van der Waals surface area contributed by atoms with Gasteiger partial charge in [-0.1, -0.05) is 0 Å². The number of nitrogens with one attached hydrogen (secondary N) is 1. The summed E-state index contributed by atoms with van der Waals surface area (Å²) in [5.74, 6) is 0.200. The highest BCUT2D eigenvalue weighted by Gasteiger charge is 2.18. The molecule has 1 amide bonds. The number of aromatic nitrogens is 3. The second-order valence-corrected chi connectivity index (χ2v) is 3.02. The number of carbonyl (C=O) groups is 1. The maximum atomic E-state index is 11.7. The highest BCUT2D eigenvalue weighted by Crippen LogP contribution is 2.02. The monoisotopic (exact) mass is 182 g/mol. The summed E-state index contributed by atoms with van der Waals surface area (Å²) in [6.45, 7) is 6.56. The molecule has 5 nitrogen and oxygen atoms in total. The van der Waals surface area contributed by atoms with Gasteiger partial charge in [-0.15, -0.1) is 0 Å². The minimum atomic E-state index is -0.102. The normalized spacial score (nSPS) is 10.5. The summed E-state index contributed by atoms with van der Waals surface area (Å²) >= 11 is 0. The average Bonchev–Trinajstić information content (AvgIpc) is 2.56. The Balaban J connectivity index is 2.77. The van der Waals surface area contributed by atoms with Crippen molar-refractivity contribution in [3.8, 4) is 0 Å². The smallest absolute Gasteiger partial charge is 0.291 e. The second-order valence-electron chi connectivity index (χ2n) is 3.02. The number of carbonyl (C=O) groups excluding carboxylic acids is 1. The Hall–Kier alpha value is -1.39. The van der Waals surface area contributed by atoms with Gasteiger partial charge in [0, 0.05) is 12.6 Å². The van der Waals surface area contributed by atoms with Gasteiger partial charge in [-0.2, -0.15) is 5.10 Å². The highest BCUT2D eigenvalue weighted by atomic mass is 16.2. The van der Waals surface area contributed by atoms with Gasteiger partial charge in [0.1, 0.15) is 6.33 Å². The van der Waals surface area contributed by atoms with Crippen LogP contribution in [0.2, 0.25) is 0 Å². The van der Waals surface area contributed by atoms with E-state index in [2.05, 4.69) is 15.2 Å². The lowest BCUT2D eigenvalue weighted by atomic mass is 10.3. The van der Waals surface area contributed by atoms with E-state index >= 15 is 0 Å². The molecule has 1 N–H and O–H groups in total. The molecule has 0 radical (unpaired) electrons. The number of hydrogen-bond acceptors (Lipinski definition) is 3. The lowest BCUT2D eigenvalue weighted by molar-refractivity contribution is 0.0705. The van der Waals surface area contributed by atoms with Crippen molar-refractivity contribution in [2.75, 3.05) is 6.54 Å². The molecule has 0 saturated carbocycles. The van der Waals surface area contributed by atoms with Gasteiger partial charge in [0.05, 0.1) is 0 Å². The van der Waals surface area contributed by atoms with Gasteiger partial charge < -0.3 is 4.90 Å². The van der Waals surface area contributed by atoms with E-state index in [4.69, 9.17) is 0 Å². The summed E-state index contributed by atoms with van der Waals surface area (Å²) in [5, 5.41) is 6.19. The van der Waals surface area contributed by atoms with Crippen molar-refractivity contribution < 1.29 is 4.79 Å². The third kappa shape index (κ3) is 2.05. The lowest BCUT2D eigenvalue weighted by Gasteiger charge is -2.23. The average molecular weight is 182 g/mol. The van der Waals surface area contributed by atoms with Crippen LogP contribution in [0.5, 0.6) is 0 Å². The summed E-state index contributed by atoms with van der Waals surface area (Å²) in [4.78, 5) is 17.2. The minimum Gasteiger partial charge on any atom is -0.334 e. The first-order chi connectivity index (χ1) is 6.16. The van der Waals surface area contributed by atoms with Crippen molar-refractivity contribution >= 4 is 5.91 Å². The fraction of sp³-hybridized carbons (Fsp3) is 0.625. The topological polar surface area (TPSA) is 61.9 Å². The van der Waals surface area contributed by atoms with Gasteiger partial charge in [0.25, 0.3) is 5.91 Å². The van der Waals surface area contributed by atoms with Crippen LogP contribution in [0.3, 0.4) is 0 Å². The zero-order valence-corrected chi connectivity index (χ0v) is 8.11. The number of aromatic amines is 1. The van der Waals surface area contributed by atoms with Crippen molar-refractivity contribution in [3.05, 3.63) is 12.2 Å². The molecule has 13 heavy (non-hydrogen) atoms. The number of rotatable bonds is 3. The fourth-order valence-electron chi connectivity index (χ4n) is 1.19. The van der Waals surface area contributed by atoms with Crippen LogP contribution in [0.1, 0.15) is 31.4 Å². The fourth-order valence-corrected chi connectivity index (χ4v) is 1.19. The van der Waals surface area contributed by atoms with Crippen molar-refractivity contribution in [2.24, 2.45) is 0 Å². The summed E-state index contributed by atoms with van der Waals surface area (Å²) in [5.41, 5.74) is 0. The molecule has 0 aliphatic rings. The predicted octanol–water partition coefficient (Wildman–Crippen LogP) is 0.675. The van der Waals surface area contributed by atoms with Crippen molar-refractivity contribution in [1.29, 1.82) is 0 Å². The van der Waals surface area contributed by atoms with E-state index < -0.39 is 0 Å². The van der Waals surface area contributed by atoms with E-state index in [1.165, 1.54) is 6.33 Å². The predicted molar refractivity (Wildman–Crippen MR) is 48.2 cm³/mol. The molecule has 1 aromatic rings. The molecule has 0 unspecified atom stereocenters. The van der Waals surface area contributed by atoms with Crippen LogP contribution in [0.25, 0.3) is 0 Å². The van der Waals surface area contributed by atoms with Crippen LogP contribution in [0.4, 0.5) is 0 Å². The maximum absolute atomic E-state index is 11.7. The van der Waals surface area contributed by atoms with Crippen LogP contribution >= 0.6 is 0 Å². The Morgan fingerprint density at radius 1 is 1.69 bits per heavy atom. The summed E-state index contributed by atoms with van der Waals surface area (Å²) in [6, 6.07) is 0.183. The first-order valence-corrected chi connectivity index (χ1v) is 4.33. The largest absolute Gasteiger partial charge is 0.334 e. The number of amides is 1. The third-order valence-electron chi connectivity index (χ3n) is 1.84. The molecular weight excluding hydrogens is 168 g/mol. The van der Waals surface area contributed by atoms with Crippen LogP contribution in [-0.2, 0) is 0 Å². The van der Waals surface area contributed by atoms with E-state index in [-0.39, 0.29) is 11.9 Å². The van der Waals surface area contributed by atoms with Crippen molar-refractivity contribution in [2.45, 2.75) is 26.8 Å². The molecule has 5 heteroatoms. The number of H-pyrrole nitrogens is 1. The summed E-state index contributed by atoms with van der Waals surface area (Å²) in [6.07, 6.45) is 1.33. The van der Waals surface area contributed by atoms with Gasteiger partial charge >= 0.3 is 0 Å². The lowest BCUT2D eigenvalue weighted by Crippen LogP contribution is -2.37. The molecule has 0 fully saturated rings. The van der Waals surface area contributed by atoms with Gasteiger partial charge in [-0.25, -0.2) is 4.98 Å². The van der Waals surface area contributed by atoms with Crippen molar-refractivity contribution in [3.63, 3.8) is 0 Å². The molecule has 0 bridgehead atoms. The molecule has 1 rings (SSSR count). The van der Waals surface area contributed by atoms with Crippen LogP contribution in [-0.4, -0.2) is 38.6 Å². The van der Waals surface area contributed by atoms with Crippen LogP contribution < -0.4 is 0 Å². The van der Waals surface area contributed by atoms with Gasteiger partial charge in [0.15, 0.2) is 0 Å². The third-order valence-corrected chi connectivity index (χ3v) is 1.84. The Morgan fingerprint density at radius 2 is 2.38 bits per heavy atom. The molecule has 0 aliphatic heterocycles. The Labute approximate surface area is 77.2 Å².